The molecule has 0 aliphatic carbocycles. The molecule has 1 fully saturated rings. The molecule has 1 aromatic rings. The van der Waals surface area contributed by atoms with Crippen LogP contribution in [-0.2, 0) is 15.6 Å². The maximum Gasteiger partial charge on any atom is 0.172 e. The highest BCUT2D eigenvalue weighted by Gasteiger charge is 2.31. The molecule has 1 aromatic carbocycles. The minimum Gasteiger partial charge on any atom is -0.868 e. The molecule has 1 aliphatic heterocycles. The molecule has 1 heterocycles. The van der Waals surface area contributed by atoms with Gasteiger partial charge in [-0.1, -0.05) is 0 Å². The summed E-state index contributed by atoms with van der Waals surface area (Å²) in [6, 6.07) is 3.90. The lowest BCUT2D eigenvalue weighted by atomic mass is 10.0. The highest BCUT2D eigenvalue weighted by atomic mass is 32.2. The van der Waals surface area contributed by atoms with Crippen molar-refractivity contribution in [2.45, 2.75) is 11.8 Å². The Hall–Kier alpha value is -1.89. The monoisotopic (exact) mass is 275 g/mol. The van der Waals surface area contributed by atoms with Gasteiger partial charge in [-0.15, -0.1) is 0 Å². The van der Waals surface area contributed by atoms with Gasteiger partial charge in [-0.25, -0.2) is 0 Å². The van der Waals surface area contributed by atoms with Gasteiger partial charge in [-0.2, -0.15) is 10.5 Å². The van der Waals surface area contributed by atoms with Gasteiger partial charge in [0.1, 0.15) is 23.3 Å². The van der Waals surface area contributed by atoms with Gasteiger partial charge >= 0.3 is 0 Å². The Morgan fingerprint density at radius 1 is 1.21 bits per heavy atom. The molecule has 0 radical (unpaired) electrons. The van der Waals surface area contributed by atoms with E-state index in [4.69, 9.17) is 21.0 Å². The summed E-state index contributed by atoms with van der Waals surface area (Å²) >= 11 is 0. The Kier molecular flexibility index (Phi) is 3.84. The van der Waals surface area contributed by atoms with Gasteiger partial charge in [0.05, 0.1) is 30.4 Å². The van der Waals surface area contributed by atoms with Crippen LogP contribution in [0.1, 0.15) is 16.7 Å². The zero-order chi connectivity index (χ0) is 14.0. The average Bonchev–Trinajstić information content (AvgIpc) is 2.41. The normalized spacial score (nSPS) is 15.7. The molecule has 1 saturated heterocycles. The molecule has 0 atom stereocenters. The minimum absolute atomic E-state index is 0.0414. The smallest absolute Gasteiger partial charge is 0.172 e. The van der Waals surface area contributed by atoms with Crippen molar-refractivity contribution in [1.29, 1.82) is 10.5 Å². The Balaban J connectivity index is 2.66. The van der Waals surface area contributed by atoms with Crippen LogP contribution >= 0.6 is 0 Å². The molecule has 2 rings (SSSR count). The van der Waals surface area contributed by atoms with Crippen LogP contribution in [0.3, 0.4) is 0 Å². The van der Waals surface area contributed by atoms with Crippen molar-refractivity contribution < 1.29 is 9.84 Å². The van der Waals surface area contributed by atoms with E-state index < -0.39 is 0 Å². The average molecular weight is 275 g/mol. The van der Waals surface area contributed by atoms with Gasteiger partial charge < -0.3 is 15.6 Å². The lowest BCUT2D eigenvalue weighted by Crippen LogP contribution is -2.28. The first-order valence-corrected chi connectivity index (χ1v) is 7.36. The van der Waals surface area contributed by atoms with Crippen molar-refractivity contribution in [3.63, 3.8) is 0 Å². The van der Waals surface area contributed by atoms with Gasteiger partial charge in [0.2, 0.25) is 0 Å². The summed E-state index contributed by atoms with van der Waals surface area (Å²) in [5, 5.41) is 30.6. The van der Waals surface area contributed by atoms with E-state index in [1.807, 2.05) is 12.1 Å². The molecule has 19 heavy (non-hydrogen) atoms. The second-order valence-corrected chi connectivity index (χ2v) is 6.39. The second kappa shape index (κ2) is 5.40. The van der Waals surface area contributed by atoms with E-state index in [0.717, 1.165) is 11.5 Å². The third-order valence-corrected chi connectivity index (χ3v) is 5.46. The van der Waals surface area contributed by atoms with Crippen LogP contribution in [0.4, 0.5) is 5.69 Å². The van der Waals surface area contributed by atoms with Crippen LogP contribution in [0.5, 0.6) is 5.75 Å². The van der Waals surface area contributed by atoms with Crippen LogP contribution in [-0.4, -0.2) is 24.7 Å². The van der Waals surface area contributed by atoms with Crippen LogP contribution in [0.15, 0.2) is 4.90 Å². The maximum atomic E-state index is 12.4. The van der Waals surface area contributed by atoms with Crippen molar-refractivity contribution in [1.82, 2.24) is 0 Å². The highest BCUT2D eigenvalue weighted by molar-refractivity contribution is 7.97. The lowest BCUT2D eigenvalue weighted by molar-refractivity contribution is -0.272. The molecule has 6 heteroatoms. The fourth-order valence-corrected chi connectivity index (χ4v) is 4.17. The van der Waals surface area contributed by atoms with E-state index in [0.29, 0.717) is 23.7 Å². The largest absolute Gasteiger partial charge is 0.868 e. The number of rotatable bonds is 1. The number of nitrogen functional groups attached to an aromatic ring is 1. The molecule has 0 bridgehead atoms. The highest BCUT2D eigenvalue weighted by Crippen LogP contribution is 2.37. The first kappa shape index (κ1) is 13.5. The molecule has 0 aromatic heterocycles. The van der Waals surface area contributed by atoms with Crippen molar-refractivity contribution >= 4 is 16.6 Å². The van der Waals surface area contributed by atoms with Gasteiger partial charge in [0.25, 0.3) is 0 Å². The van der Waals surface area contributed by atoms with Crippen LogP contribution in [0.25, 0.3) is 0 Å². The zero-order valence-corrected chi connectivity index (χ0v) is 11.3. The van der Waals surface area contributed by atoms with E-state index in [1.165, 1.54) is 0 Å². The number of nitriles is 2. The Bertz CT molecular complexity index is 554. The molecular formula is C13H13N3O2S. The molecular weight excluding hydrogens is 262 g/mol. The van der Waals surface area contributed by atoms with E-state index in [9.17, 15) is 5.11 Å². The summed E-state index contributed by atoms with van der Waals surface area (Å²) in [5.74, 6) is 1.12. The number of nitrogens with two attached hydrogens (primary N) is 1. The fourth-order valence-electron chi connectivity index (χ4n) is 2.14. The quantitative estimate of drug-likeness (QED) is 0.590. The van der Waals surface area contributed by atoms with Crippen molar-refractivity contribution in [3.8, 4) is 17.9 Å². The van der Waals surface area contributed by atoms with Crippen LogP contribution < -0.4 is 10.8 Å². The fraction of sp³-hybridized carbons (Fsp3) is 0.385. The van der Waals surface area contributed by atoms with Crippen LogP contribution in [0, 0.1) is 29.6 Å². The van der Waals surface area contributed by atoms with Crippen molar-refractivity contribution in [3.05, 3.63) is 16.7 Å². The summed E-state index contributed by atoms with van der Waals surface area (Å²) < 4.78 is 5.27. The summed E-state index contributed by atoms with van der Waals surface area (Å²) in [5.41, 5.74) is 6.91. The van der Waals surface area contributed by atoms with Crippen molar-refractivity contribution in [2.24, 2.45) is 0 Å². The molecule has 0 spiro atoms. The van der Waals surface area contributed by atoms with E-state index in [-0.39, 0.29) is 33.5 Å². The molecule has 1 aliphatic rings. The van der Waals surface area contributed by atoms with E-state index in [2.05, 4.69) is 0 Å². The molecule has 98 valence electrons. The molecule has 0 saturated carbocycles. The number of anilines is 1. The lowest BCUT2D eigenvalue weighted by Gasteiger charge is -2.22. The summed E-state index contributed by atoms with van der Waals surface area (Å²) in [4.78, 5) is 0.446. The summed E-state index contributed by atoms with van der Waals surface area (Å²) in [6.07, 6.45) is 0. The number of hydrogen-bond donors (Lipinski definition) is 1. The Morgan fingerprint density at radius 3 is 2.32 bits per heavy atom. The maximum absolute atomic E-state index is 12.4. The van der Waals surface area contributed by atoms with Crippen molar-refractivity contribution in [2.75, 3.05) is 30.5 Å². The zero-order valence-electron chi connectivity index (χ0n) is 10.5. The van der Waals surface area contributed by atoms with E-state index in [1.54, 1.807) is 6.92 Å². The Morgan fingerprint density at radius 2 is 1.79 bits per heavy atom. The number of nitrogens with zero attached hydrogens (tertiary/aromatic N) is 2. The Labute approximate surface area is 114 Å². The number of benzene rings is 1. The third-order valence-electron chi connectivity index (χ3n) is 3.16. The second-order valence-electron chi connectivity index (χ2n) is 4.18. The first-order valence-electron chi connectivity index (χ1n) is 5.80. The standard InChI is InChI=1S/C13H13N3O2S/c1-8-9(6-14)11(16)13(12(17)10(8)7-15)19-4-2-18-3-5-19/h2-5,16H2,1H3. The van der Waals surface area contributed by atoms with Gasteiger partial charge in [0, 0.05) is 10.9 Å². The SMILES string of the molecule is Cc1c(C#N)c(N)c([S+]2CCOCC2)c([O-])c1C#N. The number of ether oxygens (including phenoxy) is 1. The number of hydrogen-bond acceptors (Lipinski definition) is 5. The minimum atomic E-state index is -0.328. The van der Waals surface area contributed by atoms with Gasteiger partial charge in [0.15, 0.2) is 4.90 Å². The first-order chi connectivity index (χ1) is 9.11. The topological polar surface area (TPSA) is 106 Å². The van der Waals surface area contributed by atoms with Gasteiger partial charge in [-0.05, 0) is 18.2 Å². The summed E-state index contributed by atoms with van der Waals surface area (Å²) in [6.45, 7) is 2.75. The molecule has 2 N–H and O–H groups in total. The molecule has 5 nitrogen and oxygen atoms in total. The predicted octanol–water partition coefficient (Wildman–Crippen LogP) is 0.402. The third kappa shape index (κ3) is 2.21. The molecule has 0 amide bonds. The van der Waals surface area contributed by atoms with Crippen LogP contribution in [0.2, 0.25) is 0 Å². The van der Waals surface area contributed by atoms with E-state index >= 15 is 0 Å². The molecule has 0 unspecified atom stereocenters. The summed E-state index contributed by atoms with van der Waals surface area (Å²) in [7, 11) is -0.328. The van der Waals surface area contributed by atoms with Gasteiger partial charge in [-0.3, -0.25) is 0 Å². The predicted molar refractivity (Wildman–Crippen MR) is 70.7 cm³/mol.